The lowest BCUT2D eigenvalue weighted by molar-refractivity contribution is -0.130. The smallest absolute Gasteiger partial charge is 0.222 e. The van der Waals surface area contributed by atoms with E-state index in [-0.39, 0.29) is 11.7 Å². The topological polar surface area (TPSA) is 40.5 Å². The predicted octanol–water partition coefficient (Wildman–Crippen LogP) is 5.23. The Morgan fingerprint density at radius 3 is 2.58 bits per heavy atom. The van der Waals surface area contributed by atoms with Crippen molar-refractivity contribution in [3.8, 4) is 5.75 Å². The van der Waals surface area contributed by atoms with Crippen LogP contribution in [0.5, 0.6) is 5.75 Å². The third-order valence-corrected chi connectivity index (χ3v) is 5.46. The molecule has 0 aliphatic heterocycles. The van der Waals surface area contributed by atoms with E-state index in [4.69, 9.17) is 23.2 Å². The Hall–Kier alpha value is -1.36. The van der Waals surface area contributed by atoms with E-state index in [2.05, 4.69) is 0 Å². The van der Waals surface area contributed by atoms with Gasteiger partial charge >= 0.3 is 0 Å². The molecule has 1 amide bonds. The molecule has 0 bridgehead atoms. The van der Waals surface area contributed by atoms with Gasteiger partial charge in [0.1, 0.15) is 5.75 Å². The zero-order valence-electron chi connectivity index (χ0n) is 13.3. The first kappa shape index (κ1) is 19.0. The van der Waals surface area contributed by atoms with Crippen molar-refractivity contribution in [1.29, 1.82) is 0 Å². The van der Waals surface area contributed by atoms with Crippen molar-refractivity contribution in [2.24, 2.45) is 0 Å². The first-order valence-corrected chi connectivity index (χ1v) is 9.30. The number of thioether (sulfide) groups is 1. The molecule has 3 nitrogen and oxygen atoms in total. The zero-order chi connectivity index (χ0) is 17.5. The molecule has 0 atom stereocenters. The Kier molecular flexibility index (Phi) is 7.28. The van der Waals surface area contributed by atoms with Gasteiger partial charge in [0, 0.05) is 24.9 Å². The molecule has 0 unspecified atom stereocenters. The molecule has 2 aromatic rings. The van der Waals surface area contributed by atoms with Crippen LogP contribution in [0.4, 0.5) is 0 Å². The molecule has 128 valence electrons. The van der Waals surface area contributed by atoms with Gasteiger partial charge in [-0.15, -0.1) is 11.8 Å². The van der Waals surface area contributed by atoms with E-state index >= 15 is 0 Å². The van der Waals surface area contributed by atoms with Crippen LogP contribution in [0, 0.1) is 0 Å². The van der Waals surface area contributed by atoms with Crippen molar-refractivity contribution < 1.29 is 9.90 Å². The summed E-state index contributed by atoms with van der Waals surface area (Å²) in [5, 5.41) is 10.2. The van der Waals surface area contributed by atoms with Crippen LogP contribution < -0.4 is 0 Å². The van der Waals surface area contributed by atoms with Crippen LogP contribution in [0.15, 0.2) is 47.4 Å². The number of amides is 1. The number of carbonyl (C=O) groups is 1. The Labute approximate surface area is 156 Å². The highest BCUT2D eigenvalue weighted by atomic mass is 35.5. The van der Waals surface area contributed by atoms with Crippen molar-refractivity contribution in [3.63, 3.8) is 0 Å². The van der Waals surface area contributed by atoms with E-state index in [1.807, 2.05) is 24.3 Å². The Balaban J connectivity index is 1.75. The molecule has 1 N–H and O–H groups in total. The van der Waals surface area contributed by atoms with Gasteiger partial charge < -0.3 is 10.0 Å². The standard InChI is InChI=1S/C18H19Cl2NO2S/c1-21(12-13-4-2-5-16(19)18(13)20)17(23)6-3-11-24-15-9-7-14(22)8-10-15/h2,4-5,7-10,22H,3,6,11-12H2,1H3. The lowest BCUT2D eigenvalue weighted by Gasteiger charge is -2.18. The molecule has 0 aromatic heterocycles. The van der Waals surface area contributed by atoms with Crippen molar-refractivity contribution in [3.05, 3.63) is 58.1 Å². The van der Waals surface area contributed by atoms with E-state index in [1.165, 1.54) is 0 Å². The largest absolute Gasteiger partial charge is 0.508 e. The summed E-state index contributed by atoms with van der Waals surface area (Å²) in [6, 6.07) is 12.5. The Morgan fingerprint density at radius 1 is 1.17 bits per heavy atom. The molecule has 0 heterocycles. The fourth-order valence-electron chi connectivity index (χ4n) is 2.16. The maximum atomic E-state index is 12.2. The minimum Gasteiger partial charge on any atom is -0.508 e. The third kappa shape index (κ3) is 5.62. The van der Waals surface area contributed by atoms with Gasteiger partial charge in [0.05, 0.1) is 10.0 Å². The van der Waals surface area contributed by atoms with Crippen molar-refractivity contribution in [1.82, 2.24) is 4.90 Å². The molecule has 0 aliphatic rings. The average molecular weight is 384 g/mol. The third-order valence-electron chi connectivity index (χ3n) is 3.51. The van der Waals surface area contributed by atoms with Crippen molar-refractivity contribution in [2.45, 2.75) is 24.3 Å². The number of nitrogens with zero attached hydrogens (tertiary/aromatic N) is 1. The Morgan fingerprint density at radius 2 is 1.88 bits per heavy atom. The van der Waals surface area contributed by atoms with E-state index in [0.29, 0.717) is 23.0 Å². The second-order valence-corrected chi connectivity index (χ2v) is 7.36. The molecule has 0 radical (unpaired) electrons. The van der Waals surface area contributed by atoms with E-state index in [0.717, 1.165) is 22.6 Å². The lowest BCUT2D eigenvalue weighted by Crippen LogP contribution is -2.26. The van der Waals surface area contributed by atoms with Gasteiger partial charge in [-0.1, -0.05) is 35.3 Å². The minimum absolute atomic E-state index is 0.0809. The van der Waals surface area contributed by atoms with E-state index in [9.17, 15) is 9.90 Å². The maximum Gasteiger partial charge on any atom is 0.222 e. The summed E-state index contributed by atoms with van der Waals surface area (Å²) < 4.78 is 0. The second-order valence-electron chi connectivity index (χ2n) is 5.41. The highest BCUT2D eigenvalue weighted by Gasteiger charge is 2.12. The molecular formula is C18H19Cl2NO2S. The number of phenols is 1. The highest BCUT2D eigenvalue weighted by Crippen LogP contribution is 2.26. The van der Waals surface area contributed by atoms with Gasteiger partial charge in [-0.3, -0.25) is 4.79 Å². The summed E-state index contributed by atoms with van der Waals surface area (Å²) in [7, 11) is 1.77. The fourth-order valence-corrected chi connectivity index (χ4v) is 3.39. The molecular weight excluding hydrogens is 365 g/mol. The normalized spacial score (nSPS) is 10.6. The predicted molar refractivity (Wildman–Crippen MR) is 101 cm³/mol. The van der Waals surface area contributed by atoms with E-state index in [1.54, 1.807) is 41.9 Å². The summed E-state index contributed by atoms with van der Waals surface area (Å²) in [4.78, 5) is 15.0. The number of hydrogen-bond donors (Lipinski definition) is 1. The van der Waals surface area contributed by atoms with Crippen LogP contribution in [0.3, 0.4) is 0 Å². The quantitative estimate of drug-likeness (QED) is 0.525. The first-order valence-electron chi connectivity index (χ1n) is 7.56. The lowest BCUT2D eigenvalue weighted by atomic mass is 10.2. The molecule has 0 aliphatic carbocycles. The van der Waals surface area contributed by atoms with Gasteiger partial charge in [-0.25, -0.2) is 0 Å². The maximum absolute atomic E-state index is 12.2. The molecule has 6 heteroatoms. The number of carbonyl (C=O) groups excluding carboxylic acids is 1. The molecule has 0 saturated carbocycles. The highest BCUT2D eigenvalue weighted by molar-refractivity contribution is 7.99. The van der Waals surface area contributed by atoms with Gasteiger partial charge in [0.2, 0.25) is 5.91 Å². The molecule has 0 saturated heterocycles. The van der Waals surface area contributed by atoms with Crippen molar-refractivity contribution >= 4 is 40.9 Å². The fraction of sp³-hybridized carbons (Fsp3) is 0.278. The second kappa shape index (κ2) is 9.21. The van der Waals surface area contributed by atoms with Crippen LogP contribution in [-0.2, 0) is 11.3 Å². The number of rotatable bonds is 7. The number of aromatic hydroxyl groups is 1. The van der Waals surface area contributed by atoms with Gasteiger partial charge in [0.15, 0.2) is 0 Å². The zero-order valence-corrected chi connectivity index (χ0v) is 15.7. The molecule has 24 heavy (non-hydrogen) atoms. The number of halogens is 2. The monoisotopic (exact) mass is 383 g/mol. The van der Waals surface area contributed by atoms with Crippen LogP contribution in [0.2, 0.25) is 10.0 Å². The Bertz CT molecular complexity index is 692. The van der Waals surface area contributed by atoms with Gasteiger partial charge in [-0.2, -0.15) is 0 Å². The van der Waals surface area contributed by atoms with Crippen molar-refractivity contribution in [2.75, 3.05) is 12.8 Å². The van der Waals surface area contributed by atoms with Gasteiger partial charge in [0.25, 0.3) is 0 Å². The van der Waals surface area contributed by atoms with Crippen LogP contribution >= 0.6 is 35.0 Å². The number of benzene rings is 2. The number of phenolic OH excluding ortho intramolecular Hbond substituents is 1. The molecule has 0 spiro atoms. The summed E-state index contributed by atoms with van der Waals surface area (Å²) in [5.74, 6) is 1.19. The molecule has 0 fully saturated rings. The first-order chi connectivity index (χ1) is 11.5. The van der Waals surface area contributed by atoms with Crippen LogP contribution in [-0.4, -0.2) is 28.7 Å². The average Bonchev–Trinajstić information content (AvgIpc) is 2.57. The minimum atomic E-state index is 0.0809. The summed E-state index contributed by atoms with van der Waals surface area (Å²) in [6.07, 6.45) is 1.28. The summed E-state index contributed by atoms with van der Waals surface area (Å²) in [5.41, 5.74) is 0.846. The summed E-state index contributed by atoms with van der Waals surface area (Å²) in [6.45, 7) is 0.448. The molecule has 2 aromatic carbocycles. The number of hydrogen-bond acceptors (Lipinski definition) is 3. The van der Waals surface area contributed by atoms with Crippen LogP contribution in [0.25, 0.3) is 0 Å². The van der Waals surface area contributed by atoms with Gasteiger partial charge in [-0.05, 0) is 48.1 Å². The van der Waals surface area contributed by atoms with E-state index < -0.39 is 0 Å². The summed E-state index contributed by atoms with van der Waals surface area (Å²) >= 11 is 13.8. The molecule has 2 rings (SSSR count). The van der Waals surface area contributed by atoms with Crippen LogP contribution in [0.1, 0.15) is 18.4 Å². The SMILES string of the molecule is CN(Cc1cccc(Cl)c1Cl)C(=O)CCCSc1ccc(O)cc1.